The molecule has 0 fully saturated rings. The number of hydrazine groups is 1. The van der Waals surface area contributed by atoms with Gasteiger partial charge in [0.25, 0.3) is 0 Å². The van der Waals surface area contributed by atoms with E-state index >= 15 is 0 Å². The van der Waals surface area contributed by atoms with E-state index in [0.717, 1.165) is 13.1 Å². The van der Waals surface area contributed by atoms with Gasteiger partial charge in [-0.25, -0.2) is 10.0 Å². The van der Waals surface area contributed by atoms with Crippen LogP contribution in [0.4, 0.5) is 0 Å². The van der Waals surface area contributed by atoms with E-state index < -0.39 is 0 Å². The quantitative estimate of drug-likeness (QED) is 0.307. The lowest BCUT2D eigenvalue weighted by Crippen LogP contribution is -2.42. The second kappa shape index (κ2) is 7.97. The van der Waals surface area contributed by atoms with Crippen molar-refractivity contribution in [2.24, 2.45) is 0 Å². The van der Waals surface area contributed by atoms with Crippen molar-refractivity contribution in [3.63, 3.8) is 0 Å². The molecule has 0 aromatic rings. The van der Waals surface area contributed by atoms with Crippen molar-refractivity contribution in [1.29, 1.82) is 0 Å². The highest BCUT2D eigenvalue weighted by molar-refractivity contribution is 5.45. The van der Waals surface area contributed by atoms with Gasteiger partial charge < -0.3 is 10.1 Å². The van der Waals surface area contributed by atoms with Crippen LogP contribution in [0.15, 0.2) is 0 Å². The van der Waals surface area contributed by atoms with Crippen LogP contribution in [-0.4, -0.2) is 63.9 Å². The summed E-state index contributed by atoms with van der Waals surface area (Å²) in [6.07, 6.45) is 0.712. The molecule has 0 aliphatic carbocycles. The highest BCUT2D eigenvalue weighted by Crippen LogP contribution is 1.89. The van der Waals surface area contributed by atoms with Crippen molar-refractivity contribution < 1.29 is 9.53 Å². The highest BCUT2D eigenvalue weighted by atomic mass is 16.5. The first-order valence-corrected chi connectivity index (χ1v) is 4.30. The van der Waals surface area contributed by atoms with Crippen LogP contribution in [0.5, 0.6) is 0 Å². The molecule has 0 bridgehead atoms. The molecule has 0 radical (unpaired) electrons. The van der Waals surface area contributed by atoms with E-state index in [9.17, 15) is 4.79 Å². The van der Waals surface area contributed by atoms with E-state index in [2.05, 4.69) is 10.3 Å². The average molecular weight is 189 g/mol. The van der Waals surface area contributed by atoms with Gasteiger partial charge in [-0.2, -0.15) is 0 Å². The van der Waals surface area contributed by atoms with Crippen molar-refractivity contribution >= 4 is 6.41 Å². The van der Waals surface area contributed by atoms with Crippen molar-refractivity contribution in [2.75, 3.05) is 47.4 Å². The lowest BCUT2D eigenvalue weighted by atomic mass is 10.5. The predicted molar refractivity (Wildman–Crippen MR) is 51.2 cm³/mol. The van der Waals surface area contributed by atoms with Gasteiger partial charge in [0.15, 0.2) is 0 Å². The number of carbonyl (C=O) groups excluding carboxylic acids is 1. The van der Waals surface area contributed by atoms with Crippen LogP contribution in [0.3, 0.4) is 0 Å². The summed E-state index contributed by atoms with van der Waals surface area (Å²) in [6, 6.07) is 0. The van der Waals surface area contributed by atoms with Crippen LogP contribution in [-0.2, 0) is 9.53 Å². The van der Waals surface area contributed by atoms with Gasteiger partial charge in [-0.05, 0) is 0 Å². The van der Waals surface area contributed by atoms with E-state index in [1.54, 1.807) is 7.11 Å². The van der Waals surface area contributed by atoms with Crippen molar-refractivity contribution in [2.45, 2.75) is 0 Å². The van der Waals surface area contributed by atoms with Crippen LogP contribution in [0.25, 0.3) is 0 Å². The second-order valence-corrected chi connectivity index (χ2v) is 2.87. The molecular weight excluding hydrogens is 170 g/mol. The molecule has 1 N–H and O–H groups in total. The molecule has 0 aromatic heterocycles. The number of ether oxygens (including phenoxy) is 1. The Kier molecular flexibility index (Phi) is 7.57. The van der Waals surface area contributed by atoms with Crippen LogP contribution in [0.2, 0.25) is 0 Å². The van der Waals surface area contributed by atoms with Crippen molar-refractivity contribution in [3.05, 3.63) is 0 Å². The topological polar surface area (TPSA) is 44.8 Å². The van der Waals surface area contributed by atoms with Gasteiger partial charge in [-0.15, -0.1) is 0 Å². The molecule has 0 aliphatic heterocycles. The van der Waals surface area contributed by atoms with E-state index in [0.29, 0.717) is 19.6 Å². The average Bonchev–Trinajstić information content (AvgIpc) is 2.10. The zero-order valence-corrected chi connectivity index (χ0v) is 8.62. The molecule has 0 heterocycles. The monoisotopic (exact) mass is 189 g/mol. The molecule has 0 aliphatic rings. The first-order chi connectivity index (χ1) is 6.22. The van der Waals surface area contributed by atoms with E-state index in [1.165, 1.54) is 0 Å². The molecule has 0 saturated carbocycles. The standard InChI is InChI=1S/C8H19N3O2/c1-10(2)11(6-7-13-3)5-4-9-8-12/h8H,4-7H2,1-3H3,(H,9,12). The smallest absolute Gasteiger partial charge is 0.207 e. The third-order valence-corrected chi connectivity index (χ3v) is 1.72. The summed E-state index contributed by atoms with van der Waals surface area (Å²) in [4.78, 5) is 10.0. The van der Waals surface area contributed by atoms with Crippen LogP contribution in [0.1, 0.15) is 0 Å². The molecular formula is C8H19N3O2. The summed E-state index contributed by atoms with van der Waals surface area (Å²) in [5, 5.41) is 6.71. The molecule has 0 spiro atoms. The normalized spacial score (nSPS) is 10.8. The number of hydrogen-bond acceptors (Lipinski definition) is 4. The molecule has 0 aromatic carbocycles. The maximum Gasteiger partial charge on any atom is 0.207 e. The van der Waals surface area contributed by atoms with Crippen LogP contribution < -0.4 is 5.32 Å². The van der Waals surface area contributed by atoms with Crippen LogP contribution >= 0.6 is 0 Å². The Bertz CT molecular complexity index is 131. The summed E-state index contributed by atoms with van der Waals surface area (Å²) < 4.78 is 4.97. The van der Waals surface area contributed by atoms with Gasteiger partial charge in [0, 0.05) is 40.8 Å². The lowest BCUT2D eigenvalue weighted by molar-refractivity contribution is -0.109. The summed E-state index contributed by atoms with van der Waals surface area (Å²) in [6.45, 7) is 2.99. The fourth-order valence-electron chi connectivity index (χ4n) is 0.961. The number of hydrogen-bond donors (Lipinski definition) is 1. The Morgan fingerprint density at radius 2 is 2.08 bits per heavy atom. The Morgan fingerprint density at radius 1 is 1.38 bits per heavy atom. The van der Waals surface area contributed by atoms with Gasteiger partial charge in [0.2, 0.25) is 6.41 Å². The molecule has 1 amide bonds. The minimum atomic E-state index is 0.658. The molecule has 0 saturated heterocycles. The summed E-state index contributed by atoms with van der Waals surface area (Å²) in [5.74, 6) is 0. The van der Waals surface area contributed by atoms with Gasteiger partial charge in [-0.3, -0.25) is 4.79 Å². The third-order valence-electron chi connectivity index (χ3n) is 1.72. The van der Waals surface area contributed by atoms with Gasteiger partial charge >= 0.3 is 0 Å². The molecule has 0 rings (SSSR count). The lowest BCUT2D eigenvalue weighted by Gasteiger charge is -2.28. The Labute approximate surface area is 79.6 Å². The zero-order chi connectivity index (χ0) is 10.1. The number of amides is 1. The number of nitrogens with one attached hydrogen (secondary N) is 1. The molecule has 5 nitrogen and oxygen atoms in total. The fraction of sp³-hybridized carbons (Fsp3) is 0.875. The third kappa shape index (κ3) is 6.51. The van der Waals surface area contributed by atoms with Gasteiger partial charge in [-0.1, -0.05) is 0 Å². The zero-order valence-electron chi connectivity index (χ0n) is 8.62. The van der Waals surface area contributed by atoms with Crippen molar-refractivity contribution in [1.82, 2.24) is 15.3 Å². The molecule has 0 unspecified atom stereocenters. The molecule has 0 atom stereocenters. The number of nitrogens with zero attached hydrogens (tertiary/aromatic N) is 2. The fourth-order valence-corrected chi connectivity index (χ4v) is 0.961. The largest absolute Gasteiger partial charge is 0.383 e. The molecule has 78 valence electrons. The summed E-state index contributed by atoms with van der Waals surface area (Å²) in [5.41, 5.74) is 0. The van der Waals surface area contributed by atoms with Gasteiger partial charge in [0.1, 0.15) is 0 Å². The highest BCUT2D eigenvalue weighted by Gasteiger charge is 2.05. The van der Waals surface area contributed by atoms with Crippen molar-refractivity contribution in [3.8, 4) is 0 Å². The minimum Gasteiger partial charge on any atom is -0.383 e. The Balaban J connectivity index is 3.60. The van der Waals surface area contributed by atoms with E-state index in [1.807, 2.05) is 19.1 Å². The minimum absolute atomic E-state index is 0.658. The number of carbonyl (C=O) groups is 1. The number of methoxy groups -OCH3 is 1. The SMILES string of the molecule is COCCN(CCNC=O)N(C)C. The van der Waals surface area contributed by atoms with Gasteiger partial charge in [0.05, 0.1) is 6.61 Å². The maximum atomic E-state index is 10.0. The van der Waals surface area contributed by atoms with E-state index in [-0.39, 0.29) is 0 Å². The molecule has 5 heteroatoms. The Morgan fingerprint density at radius 3 is 2.54 bits per heavy atom. The van der Waals surface area contributed by atoms with E-state index in [4.69, 9.17) is 4.74 Å². The predicted octanol–water partition coefficient (Wildman–Crippen LogP) is -0.843. The Hall–Kier alpha value is -0.650. The first-order valence-electron chi connectivity index (χ1n) is 4.30. The number of rotatable bonds is 8. The summed E-state index contributed by atoms with van der Waals surface area (Å²) >= 11 is 0. The second-order valence-electron chi connectivity index (χ2n) is 2.87. The molecule has 13 heavy (non-hydrogen) atoms. The van der Waals surface area contributed by atoms with Crippen LogP contribution in [0, 0.1) is 0 Å². The summed E-state index contributed by atoms with van der Waals surface area (Å²) in [7, 11) is 5.62. The maximum absolute atomic E-state index is 10.0. The first kappa shape index (κ1) is 12.3.